The van der Waals surface area contributed by atoms with Crippen molar-refractivity contribution in [1.29, 1.82) is 0 Å². The lowest BCUT2D eigenvalue weighted by atomic mass is 9.78. The number of nitrogens with zero attached hydrogens (tertiary/aromatic N) is 2. The van der Waals surface area contributed by atoms with Gasteiger partial charge in [0.25, 0.3) is 0 Å². The Hall–Kier alpha value is -1.30. The standard InChI is InChI=1S/C15H26N2O4/c1-16(12-6-9-21-11-12)14(20)17(2)15(10-13(18)19)7-4-3-5-8-15/h12H,3-11H2,1-2H3,(H,18,19). The third-order valence-electron chi connectivity index (χ3n) is 5.02. The average Bonchev–Trinajstić information content (AvgIpc) is 2.99. The van der Waals surface area contributed by atoms with Crippen LogP contribution < -0.4 is 0 Å². The molecule has 2 rings (SSSR count). The van der Waals surface area contributed by atoms with Crippen molar-refractivity contribution in [3.05, 3.63) is 0 Å². The third-order valence-corrected chi connectivity index (χ3v) is 5.02. The highest BCUT2D eigenvalue weighted by molar-refractivity contribution is 5.77. The fourth-order valence-corrected chi connectivity index (χ4v) is 3.55. The first-order valence-electron chi connectivity index (χ1n) is 7.76. The Bertz CT molecular complexity index is 387. The molecular formula is C15H26N2O4. The lowest BCUT2D eigenvalue weighted by Crippen LogP contribution is -2.56. The van der Waals surface area contributed by atoms with Crippen LogP contribution in [0.1, 0.15) is 44.9 Å². The van der Waals surface area contributed by atoms with Crippen molar-refractivity contribution in [1.82, 2.24) is 9.80 Å². The van der Waals surface area contributed by atoms with E-state index in [4.69, 9.17) is 4.74 Å². The van der Waals surface area contributed by atoms with Gasteiger partial charge in [0.15, 0.2) is 0 Å². The highest BCUT2D eigenvalue weighted by Gasteiger charge is 2.42. The van der Waals surface area contributed by atoms with Crippen molar-refractivity contribution in [2.45, 2.75) is 56.5 Å². The minimum Gasteiger partial charge on any atom is -0.481 e. The van der Waals surface area contributed by atoms with Gasteiger partial charge >= 0.3 is 12.0 Å². The van der Waals surface area contributed by atoms with E-state index in [0.29, 0.717) is 13.2 Å². The number of urea groups is 1. The Labute approximate surface area is 126 Å². The summed E-state index contributed by atoms with van der Waals surface area (Å²) in [5.41, 5.74) is -0.533. The molecule has 2 aliphatic rings. The summed E-state index contributed by atoms with van der Waals surface area (Å²) < 4.78 is 5.34. The molecule has 1 N–H and O–H groups in total. The molecule has 120 valence electrons. The Morgan fingerprint density at radius 2 is 1.90 bits per heavy atom. The molecule has 0 aromatic carbocycles. The second-order valence-electron chi connectivity index (χ2n) is 6.33. The molecule has 6 nitrogen and oxygen atoms in total. The molecule has 0 spiro atoms. The number of carboxylic acid groups (broad SMARTS) is 1. The first-order valence-corrected chi connectivity index (χ1v) is 7.76. The number of likely N-dealkylation sites (N-methyl/N-ethyl adjacent to an activating group) is 1. The smallest absolute Gasteiger partial charge is 0.320 e. The molecule has 1 atom stereocenters. The van der Waals surface area contributed by atoms with E-state index in [2.05, 4.69) is 0 Å². The number of ether oxygens (including phenoxy) is 1. The summed E-state index contributed by atoms with van der Waals surface area (Å²) in [6, 6.07) is 0.0130. The first kappa shape index (κ1) is 16.1. The Morgan fingerprint density at radius 1 is 1.24 bits per heavy atom. The van der Waals surface area contributed by atoms with Crippen LogP contribution in [0.4, 0.5) is 4.79 Å². The number of carboxylic acids is 1. The van der Waals surface area contributed by atoms with Crippen molar-refractivity contribution in [3.8, 4) is 0 Å². The lowest BCUT2D eigenvalue weighted by molar-refractivity contribution is -0.140. The van der Waals surface area contributed by atoms with Crippen LogP contribution in [0.15, 0.2) is 0 Å². The van der Waals surface area contributed by atoms with E-state index >= 15 is 0 Å². The minimum atomic E-state index is -0.830. The summed E-state index contributed by atoms with van der Waals surface area (Å²) in [6.45, 7) is 1.26. The van der Waals surface area contributed by atoms with Crippen molar-refractivity contribution >= 4 is 12.0 Å². The molecule has 0 aromatic heterocycles. The van der Waals surface area contributed by atoms with Gasteiger partial charge in [0, 0.05) is 20.7 Å². The van der Waals surface area contributed by atoms with Crippen LogP contribution in [0.5, 0.6) is 0 Å². The van der Waals surface area contributed by atoms with Gasteiger partial charge in [-0.05, 0) is 19.3 Å². The summed E-state index contributed by atoms with van der Waals surface area (Å²) in [5, 5.41) is 9.24. The summed E-state index contributed by atoms with van der Waals surface area (Å²) in [6.07, 6.45) is 5.53. The van der Waals surface area contributed by atoms with Crippen molar-refractivity contribution < 1.29 is 19.4 Å². The van der Waals surface area contributed by atoms with Crippen molar-refractivity contribution in [3.63, 3.8) is 0 Å². The Morgan fingerprint density at radius 3 is 2.43 bits per heavy atom. The Balaban J connectivity index is 2.10. The second kappa shape index (κ2) is 6.64. The maximum atomic E-state index is 12.7. The highest BCUT2D eigenvalue weighted by atomic mass is 16.5. The normalized spacial score (nSPS) is 24.6. The van der Waals surface area contributed by atoms with Gasteiger partial charge in [-0.25, -0.2) is 4.79 Å². The number of aliphatic carboxylic acids is 1. The molecule has 1 heterocycles. The molecule has 2 amide bonds. The maximum Gasteiger partial charge on any atom is 0.320 e. The van der Waals surface area contributed by atoms with Crippen LogP contribution in [0.25, 0.3) is 0 Å². The Kier molecular flexibility index (Phi) is 5.08. The van der Waals surface area contributed by atoms with E-state index in [1.165, 1.54) is 0 Å². The first-order chi connectivity index (χ1) is 9.96. The number of hydrogen-bond donors (Lipinski definition) is 1. The van der Waals surface area contributed by atoms with Crippen LogP contribution in [0.3, 0.4) is 0 Å². The molecule has 0 bridgehead atoms. The quantitative estimate of drug-likeness (QED) is 0.861. The minimum absolute atomic E-state index is 0.0320. The number of hydrogen-bond acceptors (Lipinski definition) is 3. The van der Waals surface area contributed by atoms with E-state index in [1.54, 1.807) is 23.9 Å². The zero-order valence-corrected chi connectivity index (χ0v) is 13.0. The van der Waals surface area contributed by atoms with Gasteiger partial charge in [-0.2, -0.15) is 0 Å². The number of carbonyl (C=O) groups excluding carboxylic acids is 1. The van der Waals surface area contributed by atoms with E-state index in [1.807, 2.05) is 0 Å². The van der Waals surface area contributed by atoms with Crippen LogP contribution >= 0.6 is 0 Å². The molecule has 6 heteroatoms. The average molecular weight is 298 g/mol. The largest absolute Gasteiger partial charge is 0.481 e. The molecule has 0 radical (unpaired) electrons. The zero-order chi connectivity index (χ0) is 15.5. The molecule has 0 aromatic rings. The maximum absolute atomic E-state index is 12.7. The highest BCUT2D eigenvalue weighted by Crippen LogP contribution is 2.36. The SMILES string of the molecule is CN(C(=O)N(C)C1(CC(=O)O)CCCCC1)C1CCOC1. The van der Waals surface area contributed by atoms with Crippen molar-refractivity contribution in [2.24, 2.45) is 0 Å². The van der Waals surface area contributed by atoms with Gasteiger partial charge in [0.05, 0.1) is 24.6 Å². The van der Waals surface area contributed by atoms with Gasteiger partial charge in [-0.15, -0.1) is 0 Å². The molecular weight excluding hydrogens is 272 g/mol. The van der Waals surface area contributed by atoms with Crippen LogP contribution in [-0.2, 0) is 9.53 Å². The second-order valence-corrected chi connectivity index (χ2v) is 6.33. The summed E-state index contributed by atoms with van der Waals surface area (Å²) in [5.74, 6) is -0.830. The van der Waals surface area contributed by atoms with Gasteiger partial charge in [0.2, 0.25) is 0 Å². The van der Waals surface area contributed by atoms with E-state index in [-0.39, 0.29) is 18.5 Å². The van der Waals surface area contributed by atoms with Crippen LogP contribution in [0, 0.1) is 0 Å². The van der Waals surface area contributed by atoms with E-state index in [9.17, 15) is 14.7 Å². The predicted octanol–water partition coefficient (Wildman–Crippen LogP) is 1.94. The fraction of sp³-hybridized carbons (Fsp3) is 0.867. The molecule has 21 heavy (non-hydrogen) atoms. The number of carbonyl (C=O) groups is 2. The summed E-state index contributed by atoms with van der Waals surface area (Å²) in [7, 11) is 3.54. The van der Waals surface area contributed by atoms with Crippen molar-refractivity contribution in [2.75, 3.05) is 27.3 Å². The number of rotatable bonds is 4. The predicted molar refractivity (Wildman–Crippen MR) is 78.2 cm³/mol. The van der Waals surface area contributed by atoms with Gasteiger partial charge in [-0.3, -0.25) is 4.79 Å². The zero-order valence-electron chi connectivity index (χ0n) is 13.0. The van der Waals surface area contributed by atoms with Crippen LogP contribution in [0.2, 0.25) is 0 Å². The molecule has 1 aliphatic carbocycles. The molecule has 1 unspecified atom stereocenters. The van der Waals surface area contributed by atoms with Gasteiger partial charge in [0.1, 0.15) is 0 Å². The topological polar surface area (TPSA) is 70.1 Å². The van der Waals surface area contributed by atoms with Gasteiger partial charge < -0.3 is 19.6 Å². The molecule has 2 fully saturated rings. The van der Waals surface area contributed by atoms with Crippen LogP contribution in [-0.4, -0.2) is 65.8 Å². The van der Waals surface area contributed by atoms with E-state index < -0.39 is 11.5 Å². The molecule has 1 saturated heterocycles. The fourth-order valence-electron chi connectivity index (χ4n) is 3.55. The number of amides is 2. The molecule has 1 saturated carbocycles. The lowest BCUT2D eigenvalue weighted by Gasteiger charge is -2.45. The van der Waals surface area contributed by atoms with Gasteiger partial charge in [-0.1, -0.05) is 19.3 Å². The van der Waals surface area contributed by atoms with E-state index in [0.717, 1.165) is 38.5 Å². The monoisotopic (exact) mass is 298 g/mol. The molecule has 1 aliphatic heterocycles. The summed E-state index contributed by atoms with van der Waals surface area (Å²) >= 11 is 0. The summed E-state index contributed by atoms with van der Waals surface area (Å²) in [4.78, 5) is 27.4. The third kappa shape index (κ3) is 3.48.